The fourth-order valence-corrected chi connectivity index (χ4v) is 1.82. The van der Waals surface area contributed by atoms with Crippen LogP contribution < -0.4 is 0 Å². The smallest absolute Gasteiger partial charge is 0.445 e. The van der Waals surface area contributed by atoms with Crippen LogP contribution in [0.3, 0.4) is 0 Å². The summed E-state index contributed by atoms with van der Waals surface area (Å²) in [7, 11) is 0. The molecule has 1 nitrogen and oxygen atoms in total. The average Bonchev–Trinajstić information content (AvgIpc) is 2.02. The zero-order valence-electron chi connectivity index (χ0n) is 8.48. The van der Waals surface area contributed by atoms with Gasteiger partial charge < -0.3 is 17.8 Å². The maximum atomic E-state index is 12.2. The van der Waals surface area contributed by atoms with Crippen molar-refractivity contribution in [2.45, 2.75) is 19.8 Å². The molecule has 0 saturated carbocycles. The van der Waals surface area contributed by atoms with Gasteiger partial charge in [0.05, 0.1) is 0 Å². The molecule has 1 heterocycles. The molecule has 1 aliphatic heterocycles. The highest BCUT2D eigenvalue weighted by molar-refractivity contribution is 6.66. The topological polar surface area (TPSA) is 3.24 Å². The SMILES string of the molecule is C=C(CN1CCC[C@@H](C)C1)[B-](F)(F)F. The molecule has 82 valence electrons. The lowest BCUT2D eigenvalue weighted by atomic mass is 9.80. The normalized spacial score (nSPS) is 25.0. The third-order valence-electron chi connectivity index (χ3n) is 2.63. The van der Waals surface area contributed by atoms with Crippen molar-refractivity contribution in [3.63, 3.8) is 0 Å². The zero-order valence-corrected chi connectivity index (χ0v) is 8.48. The van der Waals surface area contributed by atoms with E-state index in [1.54, 1.807) is 0 Å². The van der Waals surface area contributed by atoms with Gasteiger partial charge in [0.2, 0.25) is 0 Å². The van der Waals surface area contributed by atoms with Crippen molar-refractivity contribution in [2.24, 2.45) is 5.92 Å². The zero-order chi connectivity index (χ0) is 10.8. The van der Waals surface area contributed by atoms with Crippen molar-refractivity contribution in [3.05, 3.63) is 12.1 Å². The van der Waals surface area contributed by atoms with Gasteiger partial charge in [-0.1, -0.05) is 6.92 Å². The molecule has 5 heteroatoms. The summed E-state index contributed by atoms with van der Waals surface area (Å²) in [6, 6.07) is 0. The van der Waals surface area contributed by atoms with Crippen LogP contribution in [0.1, 0.15) is 19.8 Å². The van der Waals surface area contributed by atoms with Crippen molar-refractivity contribution in [1.29, 1.82) is 0 Å². The Balaban J connectivity index is 2.40. The van der Waals surface area contributed by atoms with Gasteiger partial charge in [-0.05, 0) is 31.8 Å². The van der Waals surface area contributed by atoms with Gasteiger partial charge in [0.15, 0.2) is 0 Å². The highest BCUT2D eigenvalue weighted by Crippen LogP contribution is 2.22. The summed E-state index contributed by atoms with van der Waals surface area (Å²) >= 11 is 0. The molecule has 1 rings (SSSR count). The molecule has 0 aliphatic carbocycles. The lowest BCUT2D eigenvalue weighted by Gasteiger charge is -2.33. The molecule has 1 aliphatic rings. The quantitative estimate of drug-likeness (QED) is 0.641. The lowest BCUT2D eigenvalue weighted by Crippen LogP contribution is -2.38. The maximum absolute atomic E-state index is 12.2. The number of hydrogen-bond donors (Lipinski definition) is 0. The van der Waals surface area contributed by atoms with Crippen LogP contribution in [0.5, 0.6) is 0 Å². The number of piperidine rings is 1. The molecule has 0 spiro atoms. The standard InChI is InChI=1S/C9H16BF3N/c1-8-4-3-5-14(6-8)7-9(2)10(11,12)13/h8H,2-7H2,1H3/q-1/t8-/m1/s1. The summed E-state index contributed by atoms with van der Waals surface area (Å²) in [6.45, 7) is 1.87. The molecule has 0 radical (unpaired) electrons. The van der Waals surface area contributed by atoms with Crippen molar-refractivity contribution in [2.75, 3.05) is 19.6 Å². The van der Waals surface area contributed by atoms with E-state index < -0.39 is 12.4 Å². The molecule has 0 unspecified atom stereocenters. The van der Waals surface area contributed by atoms with Crippen molar-refractivity contribution >= 4 is 6.98 Å². The summed E-state index contributed by atoms with van der Waals surface area (Å²) in [4.78, 5) is 1.85. The van der Waals surface area contributed by atoms with Crippen molar-refractivity contribution in [3.8, 4) is 0 Å². The second kappa shape index (κ2) is 4.38. The van der Waals surface area contributed by atoms with Crippen LogP contribution in [0.4, 0.5) is 12.9 Å². The Morgan fingerprint density at radius 3 is 2.64 bits per heavy atom. The van der Waals surface area contributed by atoms with E-state index in [1.165, 1.54) is 0 Å². The first kappa shape index (κ1) is 11.6. The number of likely N-dealkylation sites (tertiary alicyclic amines) is 1. The van der Waals surface area contributed by atoms with E-state index in [4.69, 9.17) is 0 Å². The molecule has 0 aromatic heterocycles. The van der Waals surface area contributed by atoms with E-state index in [-0.39, 0.29) is 6.54 Å². The lowest BCUT2D eigenvalue weighted by molar-refractivity contribution is 0.198. The number of rotatable bonds is 3. The Labute approximate surface area is 83.0 Å². The molecule has 1 atom stereocenters. The molecule has 1 fully saturated rings. The third kappa shape index (κ3) is 3.37. The van der Waals surface area contributed by atoms with Gasteiger partial charge in [-0.15, -0.1) is 12.1 Å². The predicted molar refractivity (Wildman–Crippen MR) is 53.1 cm³/mol. The van der Waals surface area contributed by atoms with Gasteiger partial charge in [-0.25, -0.2) is 0 Å². The highest BCUT2D eigenvalue weighted by atomic mass is 19.4. The molecule has 14 heavy (non-hydrogen) atoms. The Hall–Kier alpha value is -0.445. The number of hydrogen-bond acceptors (Lipinski definition) is 1. The molecular formula is C9H16BF3N-. The Morgan fingerprint density at radius 1 is 1.50 bits per heavy atom. The van der Waals surface area contributed by atoms with Crippen LogP contribution in [-0.2, 0) is 0 Å². The van der Waals surface area contributed by atoms with Gasteiger partial charge in [-0.2, -0.15) is 0 Å². The van der Waals surface area contributed by atoms with Crippen LogP contribution in [-0.4, -0.2) is 31.5 Å². The Bertz CT molecular complexity index is 215. The van der Waals surface area contributed by atoms with E-state index in [2.05, 4.69) is 13.5 Å². The van der Waals surface area contributed by atoms with Gasteiger partial charge in [-0.3, -0.25) is 0 Å². The van der Waals surface area contributed by atoms with Crippen LogP contribution in [0.25, 0.3) is 0 Å². The summed E-state index contributed by atoms with van der Waals surface area (Å²) in [5, 5.41) is 0. The van der Waals surface area contributed by atoms with Gasteiger partial charge in [0.1, 0.15) is 0 Å². The van der Waals surface area contributed by atoms with E-state index in [1.807, 2.05) is 4.90 Å². The van der Waals surface area contributed by atoms with Crippen LogP contribution in [0.2, 0.25) is 0 Å². The fourth-order valence-electron chi connectivity index (χ4n) is 1.82. The van der Waals surface area contributed by atoms with Crippen LogP contribution >= 0.6 is 0 Å². The number of nitrogens with zero attached hydrogens (tertiary/aromatic N) is 1. The minimum Gasteiger partial charge on any atom is -0.445 e. The van der Waals surface area contributed by atoms with E-state index in [9.17, 15) is 12.9 Å². The molecule has 0 bridgehead atoms. The minimum atomic E-state index is -4.85. The summed E-state index contributed by atoms with van der Waals surface area (Å²) in [5.74, 6) is 0.511. The van der Waals surface area contributed by atoms with Crippen molar-refractivity contribution < 1.29 is 12.9 Å². The first-order valence-corrected chi connectivity index (χ1v) is 4.99. The molecule has 0 aromatic rings. The number of halogens is 3. The van der Waals surface area contributed by atoms with Gasteiger partial charge in [0.25, 0.3) is 0 Å². The van der Waals surface area contributed by atoms with E-state index >= 15 is 0 Å². The molecular weight excluding hydrogens is 190 g/mol. The minimum absolute atomic E-state index is 0.00611. The van der Waals surface area contributed by atoms with Crippen LogP contribution in [0, 0.1) is 5.92 Å². The van der Waals surface area contributed by atoms with Crippen LogP contribution in [0.15, 0.2) is 12.1 Å². The molecule has 0 N–H and O–H groups in total. The second-order valence-electron chi connectivity index (χ2n) is 4.22. The van der Waals surface area contributed by atoms with E-state index in [0.717, 1.165) is 25.9 Å². The first-order chi connectivity index (χ1) is 6.39. The summed E-state index contributed by atoms with van der Waals surface area (Å²) in [6.07, 6.45) is 2.12. The van der Waals surface area contributed by atoms with Gasteiger partial charge >= 0.3 is 6.98 Å². The molecule has 0 amide bonds. The third-order valence-corrected chi connectivity index (χ3v) is 2.63. The largest absolute Gasteiger partial charge is 0.506 e. The maximum Gasteiger partial charge on any atom is 0.506 e. The van der Waals surface area contributed by atoms with Gasteiger partial charge in [0, 0.05) is 6.54 Å². The van der Waals surface area contributed by atoms with Crippen molar-refractivity contribution in [1.82, 2.24) is 4.90 Å². The second-order valence-corrected chi connectivity index (χ2v) is 4.22. The Kier molecular flexibility index (Phi) is 3.64. The molecule has 1 saturated heterocycles. The first-order valence-electron chi connectivity index (χ1n) is 4.99. The van der Waals surface area contributed by atoms with E-state index in [0.29, 0.717) is 5.92 Å². The summed E-state index contributed by atoms with van der Waals surface area (Å²) in [5.41, 5.74) is -0.570. The highest BCUT2D eigenvalue weighted by Gasteiger charge is 2.28. The monoisotopic (exact) mass is 206 g/mol. The fraction of sp³-hybridized carbons (Fsp3) is 0.778. The average molecular weight is 206 g/mol. The Morgan fingerprint density at radius 2 is 2.14 bits per heavy atom. The summed E-state index contributed by atoms with van der Waals surface area (Å²) < 4.78 is 36.7. The molecule has 0 aromatic carbocycles. The predicted octanol–water partition coefficient (Wildman–Crippen LogP) is 2.66.